The van der Waals surface area contributed by atoms with E-state index >= 15 is 0 Å². The number of anilines is 1. The summed E-state index contributed by atoms with van der Waals surface area (Å²) in [6.07, 6.45) is 5.63. The van der Waals surface area contributed by atoms with E-state index < -0.39 is 0 Å². The highest BCUT2D eigenvalue weighted by Gasteiger charge is 2.21. The zero-order chi connectivity index (χ0) is 17.2. The maximum atomic E-state index is 12.3. The Morgan fingerprint density at radius 3 is 2.88 bits per heavy atom. The van der Waals surface area contributed by atoms with E-state index in [0.29, 0.717) is 5.82 Å². The Labute approximate surface area is 146 Å². The molecule has 0 spiro atoms. The first kappa shape index (κ1) is 15.8. The van der Waals surface area contributed by atoms with Crippen LogP contribution in [-0.4, -0.2) is 33.8 Å². The molecule has 6 heteroatoms. The first-order chi connectivity index (χ1) is 12.2. The average molecular weight is 335 g/mol. The highest BCUT2D eigenvalue weighted by atomic mass is 16.2. The van der Waals surface area contributed by atoms with Gasteiger partial charge in [-0.25, -0.2) is 4.98 Å². The zero-order valence-electron chi connectivity index (χ0n) is 14.2. The molecule has 128 valence electrons. The van der Waals surface area contributed by atoms with Crippen molar-refractivity contribution in [2.24, 2.45) is 13.0 Å². The number of carbonyl (C=O) groups is 1. The summed E-state index contributed by atoms with van der Waals surface area (Å²) in [6, 6.07) is 10.1. The minimum Gasteiger partial charge on any atom is -0.316 e. The molecule has 6 nitrogen and oxygen atoms in total. The molecule has 2 N–H and O–H groups in total. The third kappa shape index (κ3) is 3.25. The molecule has 1 aliphatic rings. The fourth-order valence-corrected chi connectivity index (χ4v) is 3.27. The number of piperidine rings is 1. The Morgan fingerprint density at radius 1 is 1.24 bits per heavy atom. The first-order valence-electron chi connectivity index (χ1n) is 8.60. The molecule has 3 heterocycles. The van der Waals surface area contributed by atoms with Gasteiger partial charge in [0.05, 0.1) is 17.6 Å². The van der Waals surface area contributed by atoms with E-state index in [1.54, 1.807) is 6.20 Å². The number of amides is 1. The number of fused-ring (bicyclic) bond motifs is 1. The van der Waals surface area contributed by atoms with Gasteiger partial charge in [0.1, 0.15) is 5.82 Å². The number of aromatic nitrogens is 3. The van der Waals surface area contributed by atoms with Crippen LogP contribution in [0.2, 0.25) is 0 Å². The summed E-state index contributed by atoms with van der Waals surface area (Å²) < 4.78 is 1.86. The van der Waals surface area contributed by atoms with Crippen LogP contribution in [-0.2, 0) is 11.8 Å². The Bertz CT molecular complexity index is 894. The number of hydrogen-bond donors (Lipinski definition) is 2. The number of benzene rings is 1. The minimum absolute atomic E-state index is 0.0301. The Morgan fingerprint density at radius 2 is 2.12 bits per heavy atom. The molecule has 0 aliphatic carbocycles. The molecule has 1 atom stereocenters. The van der Waals surface area contributed by atoms with Gasteiger partial charge >= 0.3 is 0 Å². The fraction of sp³-hybridized carbons (Fsp3) is 0.316. The third-order valence-corrected chi connectivity index (χ3v) is 4.76. The predicted molar refractivity (Wildman–Crippen MR) is 98.2 cm³/mol. The van der Waals surface area contributed by atoms with Gasteiger partial charge in [0.15, 0.2) is 0 Å². The summed E-state index contributed by atoms with van der Waals surface area (Å²) in [5, 5.41) is 11.6. The van der Waals surface area contributed by atoms with Crippen molar-refractivity contribution in [1.82, 2.24) is 20.1 Å². The standard InChI is InChI=1S/C19H21N5O/c1-24-17-9-13(4-5-15(17)12-22-24)14-6-7-18(21-11-14)23-19(25)16-3-2-8-20-10-16/h4-7,9,11-12,16,20H,2-3,8,10H2,1H3,(H,21,23,25). The quantitative estimate of drug-likeness (QED) is 0.772. The summed E-state index contributed by atoms with van der Waals surface area (Å²) in [4.78, 5) is 16.7. The lowest BCUT2D eigenvalue weighted by molar-refractivity contribution is -0.120. The van der Waals surface area contributed by atoms with Crippen LogP contribution in [0.15, 0.2) is 42.7 Å². The molecule has 1 fully saturated rings. The van der Waals surface area contributed by atoms with Gasteiger partial charge in [0, 0.05) is 30.7 Å². The van der Waals surface area contributed by atoms with Crippen LogP contribution < -0.4 is 10.6 Å². The van der Waals surface area contributed by atoms with Crippen molar-refractivity contribution in [3.63, 3.8) is 0 Å². The summed E-state index contributed by atoms with van der Waals surface area (Å²) in [5.74, 6) is 0.673. The molecule has 1 saturated heterocycles. The topological polar surface area (TPSA) is 71.8 Å². The lowest BCUT2D eigenvalue weighted by Crippen LogP contribution is -2.37. The second-order valence-electron chi connectivity index (χ2n) is 6.51. The van der Waals surface area contributed by atoms with Crippen molar-refractivity contribution in [2.75, 3.05) is 18.4 Å². The monoisotopic (exact) mass is 335 g/mol. The van der Waals surface area contributed by atoms with Gasteiger partial charge in [0.2, 0.25) is 5.91 Å². The molecule has 2 aromatic heterocycles. The molecule has 25 heavy (non-hydrogen) atoms. The predicted octanol–water partition coefficient (Wildman–Crippen LogP) is 2.57. The zero-order valence-corrected chi connectivity index (χ0v) is 14.2. The van der Waals surface area contributed by atoms with Crippen molar-refractivity contribution in [1.29, 1.82) is 0 Å². The number of carbonyl (C=O) groups excluding carboxylic acids is 1. The molecule has 0 bridgehead atoms. The van der Waals surface area contributed by atoms with Gasteiger partial charge in [-0.05, 0) is 43.1 Å². The molecule has 0 radical (unpaired) electrons. The molecule has 4 rings (SSSR count). The second-order valence-corrected chi connectivity index (χ2v) is 6.51. The van der Waals surface area contributed by atoms with Gasteiger partial charge in [-0.3, -0.25) is 9.48 Å². The molecular weight excluding hydrogens is 314 g/mol. The first-order valence-corrected chi connectivity index (χ1v) is 8.60. The molecule has 1 amide bonds. The van der Waals surface area contributed by atoms with E-state index in [2.05, 4.69) is 38.9 Å². The van der Waals surface area contributed by atoms with E-state index in [0.717, 1.165) is 48.0 Å². The summed E-state index contributed by atoms with van der Waals surface area (Å²) in [6.45, 7) is 1.74. The van der Waals surface area contributed by atoms with Gasteiger partial charge in [-0.2, -0.15) is 5.10 Å². The smallest absolute Gasteiger partial charge is 0.229 e. The van der Waals surface area contributed by atoms with Crippen molar-refractivity contribution in [3.05, 3.63) is 42.7 Å². The number of hydrogen-bond acceptors (Lipinski definition) is 4. The van der Waals surface area contributed by atoms with E-state index in [4.69, 9.17) is 0 Å². The Kier molecular flexibility index (Phi) is 4.19. The number of nitrogens with one attached hydrogen (secondary N) is 2. The Hall–Kier alpha value is -2.73. The SMILES string of the molecule is Cn1ncc2ccc(-c3ccc(NC(=O)C4CCCNC4)nc3)cc21. The molecule has 0 saturated carbocycles. The fourth-order valence-electron chi connectivity index (χ4n) is 3.27. The van der Waals surface area contributed by atoms with Crippen molar-refractivity contribution < 1.29 is 4.79 Å². The van der Waals surface area contributed by atoms with E-state index in [1.807, 2.05) is 30.1 Å². The normalized spacial score (nSPS) is 17.6. The maximum Gasteiger partial charge on any atom is 0.229 e. The van der Waals surface area contributed by atoms with Crippen molar-refractivity contribution in [2.45, 2.75) is 12.8 Å². The van der Waals surface area contributed by atoms with Crippen molar-refractivity contribution in [3.8, 4) is 11.1 Å². The van der Waals surface area contributed by atoms with Crippen LogP contribution in [0.3, 0.4) is 0 Å². The van der Waals surface area contributed by atoms with Crippen LogP contribution in [0, 0.1) is 5.92 Å². The largest absolute Gasteiger partial charge is 0.316 e. The number of pyridine rings is 1. The maximum absolute atomic E-state index is 12.3. The second kappa shape index (κ2) is 6.64. The van der Waals surface area contributed by atoms with Crippen LogP contribution in [0.5, 0.6) is 0 Å². The van der Waals surface area contributed by atoms with E-state index in [-0.39, 0.29) is 11.8 Å². The lowest BCUT2D eigenvalue weighted by Gasteiger charge is -2.21. The molecule has 1 aliphatic heterocycles. The molecule has 1 aromatic carbocycles. The van der Waals surface area contributed by atoms with Crippen LogP contribution in [0.1, 0.15) is 12.8 Å². The summed E-state index contributed by atoms with van der Waals surface area (Å²) >= 11 is 0. The summed E-state index contributed by atoms with van der Waals surface area (Å²) in [5.41, 5.74) is 3.18. The molecule has 3 aromatic rings. The summed E-state index contributed by atoms with van der Waals surface area (Å²) in [7, 11) is 1.93. The van der Waals surface area contributed by atoms with Gasteiger partial charge in [-0.15, -0.1) is 0 Å². The molecule has 1 unspecified atom stereocenters. The number of nitrogens with zero attached hydrogens (tertiary/aromatic N) is 3. The van der Waals surface area contributed by atoms with Crippen LogP contribution in [0.4, 0.5) is 5.82 Å². The van der Waals surface area contributed by atoms with Crippen LogP contribution in [0.25, 0.3) is 22.0 Å². The highest BCUT2D eigenvalue weighted by molar-refractivity contribution is 5.92. The van der Waals surface area contributed by atoms with Gasteiger partial charge in [0.25, 0.3) is 0 Å². The van der Waals surface area contributed by atoms with Gasteiger partial charge < -0.3 is 10.6 Å². The third-order valence-electron chi connectivity index (χ3n) is 4.76. The van der Waals surface area contributed by atoms with Crippen molar-refractivity contribution >= 4 is 22.6 Å². The lowest BCUT2D eigenvalue weighted by atomic mass is 9.99. The minimum atomic E-state index is 0.0301. The highest BCUT2D eigenvalue weighted by Crippen LogP contribution is 2.24. The van der Waals surface area contributed by atoms with E-state index in [9.17, 15) is 4.79 Å². The molecular formula is C19H21N5O. The Balaban J connectivity index is 1.50. The van der Waals surface area contributed by atoms with Crippen LogP contribution >= 0.6 is 0 Å². The average Bonchev–Trinajstić information content (AvgIpc) is 3.03. The van der Waals surface area contributed by atoms with Gasteiger partial charge in [-0.1, -0.05) is 12.1 Å². The van der Waals surface area contributed by atoms with E-state index in [1.165, 1.54) is 0 Å². The number of aryl methyl sites for hydroxylation is 1. The number of rotatable bonds is 3.